The molecule has 19 heavy (non-hydrogen) atoms. The average Bonchev–Trinajstić information content (AvgIpc) is 2.40. The van der Waals surface area contributed by atoms with Crippen molar-refractivity contribution in [3.8, 4) is 18.2 Å². The van der Waals surface area contributed by atoms with Gasteiger partial charge >= 0.3 is 0 Å². The average molecular weight is 281 g/mol. The molecule has 0 saturated carbocycles. The lowest BCUT2D eigenvalue weighted by Gasteiger charge is -2.38. The molecule has 0 heterocycles. The Hall–Kier alpha value is -1.31. The Morgan fingerprint density at radius 1 is 1.00 bits per heavy atom. The Balaban J connectivity index is 5.49. The minimum atomic E-state index is -2.68. The van der Waals surface area contributed by atoms with Crippen molar-refractivity contribution < 1.29 is 9.05 Å². The van der Waals surface area contributed by atoms with Crippen molar-refractivity contribution in [2.45, 2.75) is 44.7 Å². The van der Waals surface area contributed by atoms with Crippen LogP contribution in [0.25, 0.3) is 0 Å². The number of hydrogen-bond acceptors (Lipinski definition) is 5. The third-order valence-electron chi connectivity index (χ3n) is 2.84. The SMILES string of the molecule is C=P(OCC)(OCC)C(C#N)(CCC#N)CCC#N. The van der Waals surface area contributed by atoms with E-state index < -0.39 is 12.5 Å². The standard InChI is InChI=1S/C13H20N3O2P/c1-4-17-19(3,18-5-2)13(12-16,8-6-10-14)9-7-11-15/h3-9H2,1-2H3. The fourth-order valence-corrected chi connectivity index (χ4v) is 4.34. The van der Waals surface area contributed by atoms with Crippen molar-refractivity contribution in [1.82, 2.24) is 0 Å². The third kappa shape index (κ3) is 4.38. The first-order chi connectivity index (χ1) is 9.05. The highest BCUT2D eigenvalue weighted by Gasteiger charge is 2.44. The summed E-state index contributed by atoms with van der Waals surface area (Å²) in [7, 11) is -2.68. The molecule has 0 aromatic heterocycles. The van der Waals surface area contributed by atoms with Crippen molar-refractivity contribution in [3.63, 3.8) is 0 Å². The van der Waals surface area contributed by atoms with Crippen molar-refractivity contribution in [2.24, 2.45) is 0 Å². The highest BCUT2D eigenvalue weighted by atomic mass is 31.2. The van der Waals surface area contributed by atoms with E-state index in [0.29, 0.717) is 26.1 Å². The van der Waals surface area contributed by atoms with Gasteiger partial charge in [-0.15, -0.1) is 0 Å². The summed E-state index contributed by atoms with van der Waals surface area (Å²) in [5, 5.41) is 26.1. The maximum absolute atomic E-state index is 9.58. The molecular formula is C13H20N3O2P. The Labute approximate surface area is 115 Å². The first-order valence-corrected chi connectivity index (χ1v) is 8.04. The van der Waals surface area contributed by atoms with E-state index in [2.05, 4.69) is 12.4 Å². The summed E-state index contributed by atoms with van der Waals surface area (Å²) >= 11 is 0. The van der Waals surface area contributed by atoms with Gasteiger partial charge in [-0.2, -0.15) is 15.8 Å². The molecule has 0 aromatic carbocycles. The maximum atomic E-state index is 9.58. The van der Waals surface area contributed by atoms with Gasteiger partial charge in [0, 0.05) is 12.8 Å². The summed E-state index contributed by atoms with van der Waals surface area (Å²) in [6.07, 6.45) is 5.10. The van der Waals surface area contributed by atoms with Crippen LogP contribution in [0, 0.1) is 34.0 Å². The van der Waals surface area contributed by atoms with Gasteiger partial charge in [-0.3, -0.25) is 0 Å². The van der Waals surface area contributed by atoms with Crippen LogP contribution in [0.4, 0.5) is 0 Å². The van der Waals surface area contributed by atoms with Crippen LogP contribution >= 0.6 is 7.34 Å². The number of nitrogens with zero attached hydrogens (tertiary/aromatic N) is 3. The molecule has 0 aliphatic carbocycles. The van der Waals surface area contributed by atoms with Crippen LogP contribution in [-0.2, 0) is 9.05 Å². The van der Waals surface area contributed by atoms with Crippen LogP contribution in [0.3, 0.4) is 0 Å². The second kappa shape index (κ2) is 8.73. The molecule has 0 aliphatic heterocycles. The monoisotopic (exact) mass is 281 g/mol. The van der Waals surface area contributed by atoms with Gasteiger partial charge in [0.1, 0.15) is 12.5 Å². The van der Waals surface area contributed by atoms with E-state index in [1.54, 1.807) is 0 Å². The van der Waals surface area contributed by atoms with Gasteiger partial charge < -0.3 is 9.05 Å². The Morgan fingerprint density at radius 2 is 1.42 bits per heavy atom. The predicted octanol–water partition coefficient (Wildman–Crippen LogP) is 3.21. The van der Waals surface area contributed by atoms with E-state index in [1.165, 1.54) is 0 Å². The molecule has 0 rings (SSSR count). The molecule has 0 spiro atoms. The third-order valence-corrected chi connectivity index (χ3v) is 6.04. The summed E-state index contributed by atoms with van der Waals surface area (Å²) < 4.78 is 11.3. The summed E-state index contributed by atoms with van der Waals surface area (Å²) in [6.45, 7) is 4.41. The molecule has 0 amide bonds. The highest BCUT2D eigenvalue weighted by Crippen LogP contribution is 2.63. The first-order valence-electron chi connectivity index (χ1n) is 6.23. The zero-order valence-electron chi connectivity index (χ0n) is 11.6. The van der Waals surface area contributed by atoms with Crippen molar-refractivity contribution in [3.05, 3.63) is 0 Å². The topological polar surface area (TPSA) is 89.8 Å². The zero-order valence-corrected chi connectivity index (χ0v) is 12.4. The van der Waals surface area contributed by atoms with Crippen LogP contribution < -0.4 is 0 Å². The molecular weight excluding hydrogens is 261 g/mol. The van der Waals surface area contributed by atoms with E-state index in [9.17, 15) is 5.26 Å². The van der Waals surface area contributed by atoms with Crippen molar-refractivity contribution >= 4 is 13.6 Å². The molecule has 0 bridgehead atoms. The van der Waals surface area contributed by atoms with Gasteiger partial charge in [0.25, 0.3) is 0 Å². The van der Waals surface area contributed by atoms with E-state index in [4.69, 9.17) is 19.6 Å². The highest BCUT2D eigenvalue weighted by molar-refractivity contribution is 7.66. The van der Waals surface area contributed by atoms with Gasteiger partial charge in [-0.1, -0.05) is 0 Å². The molecule has 6 heteroatoms. The van der Waals surface area contributed by atoms with Crippen LogP contribution in [-0.4, -0.2) is 24.7 Å². The zero-order chi connectivity index (χ0) is 14.8. The van der Waals surface area contributed by atoms with E-state index >= 15 is 0 Å². The first kappa shape index (κ1) is 17.7. The second-order valence-corrected chi connectivity index (χ2v) is 6.69. The van der Waals surface area contributed by atoms with Crippen molar-refractivity contribution in [2.75, 3.05) is 13.2 Å². The Kier molecular flexibility index (Phi) is 8.13. The summed E-state index contributed by atoms with van der Waals surface area (Å²) in [4.78, 5) is 0. The second-order valence-electron chi connectivity index (χ2n) is 3.97. The molecule has 5 nitrogen and oxygen atoms in total. The summed E-state index contributed by atoms with van der Waals surface area (Å²) in [5.74, 6) is 0. The van der Waals surface area contributed by atoms with Gasteiger partial charge in [-0.05, 0) is 33.0 Å². The molecule has 0 aromatic rings. The largest absolute Gasteiger partial charge is 0.337 e. The lowest BCUT2D eigenvalue weighted by Crippen LogP contribution is -2.30. The van der Waals surface area contributed by atoms with E-state index in [1.807, 2.05) is 26.0 Å². The van der Waals surface area contributed by atoms with Crippen molar-refractivity contribution in [1.29, 1.82) is 15.8 Å². The fraction of sp³-hybridized carbons (Fsp3) is 0.692. The molecule has 0 unspecified atom stereocenters. The molecule has 0 atom stereocenters. The quantitative estimate of drug-likeness (QED) is 0.605. The van der Waals surface area contributed by atoms with Gasteiger partial charge in [0.05, 0.1) is 31.4 Å². The summed E-state index contributed by atoms with van der Waals surface area (Å²) in [5.41, 5.74) is 0. The maximum Gasteiger partial charge on any atom is 0.137 e. The Morgan fingerprint density at radius 3 is 1.68 bits per heavy atom. The number of hydrogen-bond donors (Lipinski definition) is 0. The van der Waals surface area contributed by atoms with Gasteiger partial charge in [0.2, 0.25) is 0 Å². The smallest absolute Gasteiger partial charge is 0.137 e. The fourth-order valence-electron chi connectivity index (χ4n) is 1.88. The lowest BCUT2D eigenvalue weighted by molar-refractivity contribution is 0.246. The van der Waals surface area contributed by atoms with Crippen LogP contribution in [0.15, 0.2) is 0 Å². The van der Waals surface area contributed by atoms with E-state index in [-0.39, 0.29) is 12.8 Å². The van der Waals surface area contributed by atoms with Gasteiger partial charge in [-0.25, -0.2) is 0 Å². The normalized spacial score (nSPS) is 11.3. The minimum Gasteiger partial charge on any atom is -0.337 e. The van der Waals surface area contributed by atoms with Crippen LogP contribution in [0.1, 0.15) is 39.5 Å². The number of rotatable bonds is 9. The number of nitriles is 3. The Bertz CT molecular complexity index is 414. The predicted molar refractivity (Wildman–Crippen MR) is 75.3 cm³/mol. The van der Waals surface area contributed by atoms with Crippen LogP contribution in [0.5, 0.6) is 0 Å². The van der Waals surface area contributed by atoms with Gasteiger partial charge in [0.15, 0.2) is 0 Å². The summed E-state index contributed by atoms with van der Waals surface area (Å²) in [6, 6.07) is 6.30. The minimum absolute atomic E-state index is 0.219. The molecule has 0 fully saturated rings. The molecule has 0 radical (unpaired) electrons. The molecule has 0 aliphatic rings. The molecule has 0 saturated heterocycles. The molecule has 104 valence electrons. The molecule has 0 N–H and O–H groups in total. The van der Waals surface area contributed by atoms with E-state index in [0.717, 1.165) is 0 Å². The lowest BCUT2D eigenvalue weighted by atomic mass is 9.98. The van der Waals surface area contributed by atoms with Crippen LogP contribution in [0.2, 0.25) is 0 Å².